The van der Waals surface area contributed by atoms with Crippen molar-refractivity contribution in [2.24, 2.45) is 0 Å². The van der Waals surface area contributed by atoms with E-state index in [1.165, 1.54) is 19.1 Å². The number of carbonyl (C=O) groups is 1. The Balaban J connectivity index is 1.65. The number of piperazine rings is 1. The van der Waals surface area contributed by atoms with E-state index in [-0.39, 0.29) is 10.8 Å². The van der Waals surface area contributed by atoms with E-state index in [1.807, 2.05) is 16.9 Å². The molecule has 0 atom stereocenters. The van der Waals surface area contributed by atoms with Gasteiger partial charge < -0.3 is 4.90 Å². The van der Waals surface area contributed by atoms with Crippen LogP contribution in [0.3, 0.4) is 0 Å². The molecule has 1 fully saturated rings. The highest BCUT2D eigenvalue weighted by Crippen LogP contribution is 2.28. The molecule has 6 nitrogen and oxygen atoms in total. The van der Waals surface area contributed by atoms with Gasteiger partial charge in [-0.3, -0.25) is 9.69 Å². The van der Waals surface area contributed by atoms with Crippen LogP contribution in [0, 0.1) is 5.82 Å². The van der Waals surface area contributed by atoms with Gasteiger partial charge in [0.2, 0.25) is 10.0 Å². The number of hydrogen-bond acceptors (Lipinski definition) is 5. The summed E-state index contributed by atoms with van der Waals surface area (Å²) >= 11 is 18.3. The summed E-state index contributed by atoms with van der Waals surface area (Å²) in [4.78, 5) is 16.4. The summed E-state index contributed by atoms with van der Waals surface area (Å²) in [6.45, 7) is 4.70. The SMILES string of the molecule is CCS(=O)(=O)NC(=O)c1cc(Cl)c(CN2CCN(c3ccc(Cl)c(Cl)c3)CC2)cc1F. The van der Waals surface area contributed by atoms with E-state index in [0.29, 0.717) is 22.2 Å². The summed E-state index contributed by atoms with van der Waals surface area (Å²) in [5.41, 5.74) is 1.10. The number of carbonyl (C=O) groups excluding carboxylic acids is 1. The largest absolute Gasteiger partial charge is 0.369 e. The maximum atomic E-state index is 14.5. The van der Waals surface area contributed by atoms with E-state index in [9.17, 15) is 17.6 Å². The smallest absolute Gasteiger partial charge is 0.267 e. The van der Waals surface area contributed by atoms with Gasteiger partial charge in [0.25, 0.3) is 5.91 Å². The Hall–Kier alpha value is -1.58. The number of hydrogen-bond donors (Lipinski definition) is 1. The van der Waals surface area contributed by atoms with Crippen molar-refractivity contribution in [3.63, 3.8) is 0 Å². The minimum absolute atomic E-state index is 0.201. The van der Waals surface area contributed by atoms with E-state index in [2.05, 4.69) is 9.80 Å². The van der Waals surface area contributed by atoms with Gasteiger partial charge >= 0.3 is 0 Å². The minimum atomic E-state index is -3.80. The van der Waals surface area contributed by atoms with E-state index >= 15 is 0 Å². The molecule has 2 aromatic rings. The maximum absolute atomic E-state index is 14.5. The predicted octanol–water partition coefficient (Wildman–Crippen LogP) is 4.19. The molecule has 3 rings (SSSR count). The lowest BCUT2D eigenvalue weighted by Gasteiger charge is -2.36. The average molecular weight is 509 g/mol. The van der Waals surface area contributed by atoms with Crippen LogP contribution in [0.15, 0.2) is 30.3 Å². The van der Waals surface area contributed by atoms with Crippen LogP contribution in [-0.2, 0) is 16.6 Å². The minimum Gasteiger partial charge on any atom is -0.369 e. The zero-order chi connectivity index (χ0) is 22.8. The van der Waals surface area contributed by atoms with Crippen molar-refractivity contribution in [1.29, 1.82) is 0 Å². The second kappa shape index (κ2) is 9.92. The Bertz CT molecular complexity index is 1090. The highest BCUT2D eigenvalue weighted by molar-refractivity contribution is 7.90. The summed E-state index contributed by atoms with van der Waals surface area (Å²) in [6, 6.07) is 7.85. The van der Waals surface area contributed by atoms with Crippen molar-refractivity contribution in [1.82, 2.24) is 9.62 Å². The molecular weight excluding hydrogens is 488 g/mol. The standard InChI is InChI=1S/C20H21Cl3FN3O3S/c1-2-31(29,30)25-20(28)15-11-17(22)13(9-19(15)24)12-26-5-7-27(8-6-26)14-3-4-16(21)18(23)10-14/h3-4,9-11H,2,5-8,12H2,1H3,(H,25,28). The highest BCUT2D eigenvalue weighted by Gasteiger charge is 2.22. The molecule has 2 aromatic carbocycles. The lowest BCUT2D eigenvalue weighted by molar-refractivity contribution is 0.0977. The molecular formula is C20H21Cl3FN3O3S. The van der Waals surface area contributed by atoms with Gasteiger partial charge in [-0.15, -0.1) is 0 Å². The zero-order valence-corrected chi connectivity index (χ0v) is 19.8. The normalized spacial score (nSPS) is 15.2. The van der Waals surface area contributed by atoms with Crippen LogP contribution in [0.25, 0.3) is 0 Å². The lowest BCUT2D eigenvalue weighted by Crippen LogP contribution is -2.46. The van der Waals surface area contributed by atoms with Crippen LogP contribution in [0.4, 0.5) is 10.1 Å². The number of anilines is 1. The van der Waals surface area contributed by atoms with E-state index in [1.54, 1.807) is 6.07 Å². The van der Waals surface area contributed by atoms with Gasteiger partial charge in [0.05, 0.1) is 21.4 Å². The summed E-state index contributed by atoms with van der Waals surface area (Å²) < 4.78 is 39.4. The summed E-state index contributed by atoms with van der Waals surface area (Å²) in [5, 5.41) is 1.21. The average Bonchev–Trinajstić information content (AvgIpc) is 2.72. The molecule has 0 saturated carbocycles. The summed E-state index contributed by atoms with van der Waals surface area (Å²) in [6.07, 6.45) is 0. The fraction of sp³-hybridized carbons (Fsp3) is 0.350. The van der Waals surface area contributed by atoms with Crippen LogP contribution >= 0.6 is 34.8 Å². The van der Waals surface area contributed by atoms with Crippen LogP contribution in [0.5, 0.6) is 0 Å². The maximum Gasteiger partial charge on any atom is 0.267 e. The van der Waals surface area contributed by atoms with Gasteiger partial charge in [-0.05, 0) is 42.8 Å². The van der Waals surface area contributed by atoms with Crippen LogP contribution < -0.4 is 9.62 Å². The number of amides is 1. The first-order valence-corrected chi connectivity index (χ1v) is 12.3. The summed E-state index contributed by atoms with van der Waals surface area (Å²) in [5.74, 6) is -2.15. The molecule has 0 radical (unpaired) electrons. The van der Waals surface area contributed by atoms with E-state index in [0.717, 1.165) is 31.9 Å². The van der Waals surface area contributed by atoms with Crippen LogP contribution in [-0.4, -0.2) is 51.2 Å². The first-order valence-electron chi connectivity index (χ1n) is 9.54. The number of nitrogens with zero attached hydrogens (tertiary/aromatic N) is 2. The Morgan fingerprint density at radius 2 is 1.71 bits per heavy atom. The first kappa shape index (κ1) is 24.1. The summed E-state index contributed by atoms with van der Waals surface area (Å²) in [7, 11) is -3.80. The van der Waals surface area contributed by atoms with Gasteiger partial charge in [-0.2, -0.15) is 0 Å². The third kappa shape index (κ3) is 6.02. The van der Waals surface area contributed by atoms with Crippen molar-refractivity contribution in [2.75, 3.05) is 36.8 Å². The van der Waals surface area contributed by atoms with Gasteiger partial charge in [0.15, 0.2) is 0 Å². The fourth-order valence-electron chi connectivity index (χ4n) is 3.24. The molecule has 0 aromatic heterocycles. The highest BCUT2D eigenvalue weighted by atomic mass is 35.5. The second-order valence-electron chi connectivity index (χ2n) is 7.12. The second-order valence-corrected chi connectivity index (χ2v) is 10.4. The number of sulfonamides is 1. The molecule has 1 saturated heterocycles. The Morgan fingerprint density at radius 1 is 1.03 bits per heavy atom. The molecule has 168 valence electrons. The molecule has 0 spiro atoms. The molecule has 1 N–H and O–H groups in total. The van der Waals surface area contributed by atoms with Gasteiger partial charge in [-0.25, -0.2) is 17.5 Å². The van der Waals surface area contributed by atoms with E-state index < -0.39 is 27.3 Å². The first-order chi connectivity index (χ1) is 14.6. The molecule has 1 amide bonds. The quantitative estimate of drug-likeness (QED) is 0.634. The molecule has 11 heteroatoms. The fourth-order valence-corrected chi connectivity index (χ4v) is 4.29. The van der Waals surface area contributed by atoms with Crippen molar-refractivity contribution in [2.45, 2.75) is 13.5 Å². The third-order valence-electron chi connectivity index (χ3n) is 5.04. The Kier molecular flexibility index (Phi) is 7.70. The van der Waals surface area contributed by atoms with Crippen molar-refractivity contribution in [3.05, 3.63) is 62.3 Å². The Labute approximate surface area is 195 Å². The number of benzene rings is 2. The van der Waals surface area contributed by atoms with Gasteiger partial charge in [0, 0.05) is 43.4 Å². The van der Waals surface area contributed by atoms with Gasteiger partial charge in [-0.1, -0.05) is 34.8 Å². The van der Waals surface area contributed by atoms with Crippen molar-refractivity contribution in [3.8, 4) is 0 Å². The molecule has 1 aliphatic rings. The number of rotatable bonds is 6. The number of halogens is 4. The molecule has 31 heavy (non-hydrogen) atoms. The molecule has 0 unspecified atom stereocenters. The monoisotopic (exact) mass is 507 g/mol. The molecule has 0 bridgehead atoms. The molecule has 0 aliphatic carbocycles. The Morgan fingerprint density at radius 3 is 2.32 bits per heavy atom. The van der Waals surface area contributed by atoms with Crippen molar-refractivity contribution >= 4 is 56.4 Å². The van der Waals surface area contributed by atoms with Crippen molar-refractivity contribution < 1.29 is 17.6 Å². The van der Waals surface area contributed by atoms with Gasteiger partial charge in [0.1, 0.15) is 5.82 Å². The topological polar surface area (TPSA) is 69.7 Å². The number of nitrogens with one attached hydrogen (secondary N) is 1. The third-order valence-corrected chi connectivity index (χ3v) is 7.39. The van der Waals surface area contributed by atoms with E-state index in [4.69, 9.17) is 34.8 Å². The lowest BCUT2D eigenvalue weighted by atomic mass is 10.1. The predicted molar refractivity (Wildman–Crippen MR) is 122 cm³/mol. The molecule has 1 heterocycles. The van der Waals surface area contributed by atoms with Crippen LogP contribution in [0.1, 0.15) is 22.8 Å². The van der Waals surface area contributed by atoms with Crippen LogP contribution in [0.2, 0.25) is 15.1 Å². The zero-order valence-electron chi connectivity index (χ0n) is 16.7. The molecule has 1 aliphatic heterocycles.